The number of aromatic nitrogens is 2. The van der Waals surface area contributed by atoms with Crippen molar-refractivity contribution in [3.63, 3.8) is 0 Å². The molecule has 0 aromatic carbocycles. The first-order valence-electron chi connectivity index (χ1n) is 4.65. The smallest absolute Gasteiger partial charge is 0.359 e. The van der Waals surface area contributed by atoms with E-state index in [2.05, 4.69) is 14.7 Å². The molecule has 2 rings (SSSR count). The van der Waals surface area contributed by atoms with E-state index in [1.165, 1.54) is 0 Å². The molecule has 0 bridgehead atoms. The van der Waals surface area contributed by atoms with E-state index in [1.54, 1.807) is 11.8 Å². The standard InChI is InChI=1S/C8H10F3N3S2/c1-15-7(2-3-7)4-12-6-13-5(14-16-6)8(9,10)11/h2-4H2,1H3,(H,12,13,14). The molecule has 0 amide bonds. The van der Waals surface area contributed by atoms with Gasteiger partial charge in [0, 0.05) is 22.8 Å². The summed E-state index contributed by atoms with van der Waals surface area (Å²) in [5.41, 5.74) is 0. The molecular weight excluding hydrogens is 259 g/mol. The van der Waals surface area contributed by atoms with Crippen LogP contribution in [0, 0.1) is 0 Å². The average Bonchev–Trinajstić information content (AvgIpc) is 2.83. The monoisotopic (exact) mass is 269 g/mol. The van der Waals surface area contributed by atoms with Gasteiger partial charge in [-0.05, 0) is 19.1 Å². The summed E-state index contributed by atoms with van der Waals surface area (Å²) in [6.07, 6.45) is -0.235. The van der Waals surface area contributed by atoms with Crippen LogP contribution in [0.25, 0.3) is 0 Å². The molecule has 1 aromatic rings. The highest BCUT2D eigenvalue weighted by molar-refractivity contribution is 8.00. The second kappa shape index (κ2) is 4.06. The van der Waals surface area contributed by atoms with Crippen LogP contribution in [0.15, 0.2) is 0 Å². The molecule has 0 aliphatic heterocycles. The maximum absolute atomic E-state index is 12.2. The Morgan fingerprint density at radius 2 is 2.19 bits per heavy atom. The fourth-order valence-electron chi connectivity index (χ4n) is 1.24. The van der Waals surface area contributed by atoms with Crippen molar-refractivity contribution in [3.05, 3.63) is 5.82 Å². The number of halogens is 3. The van der Waals surface area contributed by atoms with Crippen molar-refractivity contribution in [3.8, 4) is 0 Å². The lowest BCUT2D eigenvalue weighted by molar-refractivity contribution is -0.144. The summed E-state index contributed by atoms with van der Waals surface area (Å²) >= 11 is 2.50. The summed E-state index contributed by atoms with van der Waals surface area (Å²) < 4.78 is 40.1. The average molecular weight is 269 g/mol. The first kappa shape index (κ1) is 12.0. The fourth-order valence-corrected chi connectivity index (χ4v) is 2.55. The molecule has 0 radical (unpaired) electrons. The lowest BCUT2D eigenvalue weighted by Gasteiger charge is -2.11. The van der Waals surface area contributed by atoms with Gasteiger partial charge in [0.2, 0.25) is 11.0 Å². The summed E-state index contributed by atoms with van der Waals surface area (Å²) in [4.78, 5) is 3.41. The first-order chi connectivity index (χ1) is 7.45. The highest BCUT2D eigenvalue weighted by atomic mass is 32.2. The number of thioether (sulfide) groups is 1. The molecule has 0 unspecified atom stereocenters. The molecule has 90 valence electrons. The van der Waals surface area contributed by atoms with E-state index < -0.39 is 12.0 Å². The van der Waals surface area contributed by atoms with E-state index in [0.717, 1.165) is 24.4 Å². The van der Waals surface area contributed by atoms with Crippen molar-refractivity contribution < 1.29 is 13.2 Å². The zero-order valence-corrected chi connectivity index (χ0v) is 10.1. The van der Waals surface area contributed by atoms with Gasteiger partial charge in [-0.25, -0.2) is 0 Å². The molecule has 16 heavy (non-hydrogen) atoms. The van der Waals surface area contributed by atoms with Crippen molar-refractivity contribution in [1.29, 1.82) is 0 Å². The SMILES string of the molecule is CSC1(CNc2nc(C(F)(F)F)ns2)CC1. The summed E-state index contributed by atoms with van der Waals surface area (Å²) in [7, 11) is 0. The lowest BCUT2D eigenvalue weighted by atomic mass is 10.4. The van der Waals surface area contributed by atoms with Crippen molar-refractivity contribution in [2.24, 2.45) is 0 Å². The van der Waals surface area contributed by atoms with Crippen LogP contribution in [-0.4, -0.2) is 26.9 Å². The van der Waals surface area contributed by atoms with Crippen LogP contribution in [0.2, 0.25) is 0 Å². The van der Waals surface area contributed by atoms with Crippen LogP contribution < -0.4 is 5.32 Å². The minimum Gasteiger partial charge on any atom is -0.359 e. The molecule has 3 nitrogen and oxygen atoms in total. The largest absolute Gasteiger partial charge is 0.452 e. The van der Waals surface area contributed by atoms with Crippen LogP contribution in [-0.2, 0) is 6.18 Å². The molecule has 1 N–H and O–H groups in total. The Morgan fingerprint density at radius 3 is 2.62 bits per heavy atom. The van der Waals surface area contributed by atoms with E-state index in [-0.39, 0.29) is 9.88 Å². The Balaban J connectivity index is 1.93. The number of nitrogens with zero attached hydrogens (tertiary/aromatic N) is 2. The maximum Gasteiger partial charge on any atom is 0.452 e. The third kappa shape index (κ3) is 2.60. The Bertz CT molecular complexity index is 373. The van der Waals surface area contributed by atoms with Crippen LogP contribution in [0.4, 0.5) is 18.3 Å². The maximum atomic E-state index is 12.2. The molecular formula is C8H10F3N3S2. The molecule has 1 aliphatic rings. The topological polar surface area (TPSA) is 37.8 Å². The molecule has 1 fully saturated rings. The van der Waals surface area contributed by atoms with Crippen molar-refractivity contribution in [2.75, 3.05) is 18.1 Å². The number of hydrogen-bond donors (Lipinski definition) is 1. The van der Waals surface area contributed by atoms with E-state index in [0.29, 0.717) is 6.54 Å². The number of hydrogen-bond acceptors (Lipinski definition) is 5. The van der Waals surface area contributed by atoms with Gasteiger partial charge >= 0.3 is 6.18 Å². The number of alkyl halides is 3. The van der Waals surface area contributed by atoms with Gasteiger partial charge in [-0.15, -0.1) is 0 Å². The first-order valence-corrected chi connectivity index (χ1v) is 6.65. The Kier molecular flexibility index (Phi) is 3.04. The minimum atomic E-state index is -4.45. The molecule has 0 atom stereocenters. The van der Waals surface area contributed by atoms with Gasteiger partial charge in [-0.1, -0.05) is 0 Å². The Labute approximate surface area is 99.0 Å². The van der Waals surface area contributed by atoms with Gasteiger partial charge < -0.3 is 5.32 Å². The van der Waals surface area contributed by atoms with Crippen LogP contribution >= 0.6 is 23.3 Å². The van der Waals surface area contributed by atoms with Gasteiger partial charge in [-0.3, -0.25) is 0 Å². The van der Waals surface area contributed by atoms with E-state index in [1.807, 2.05) is 6.26 Å². The highest BCUT2D eigenvalue weighted by Crippen LogP contribution is 2.47. The molecule has 1 heterocycles. The lowest BCUT2D eigenvalue weighted by Crippen LogP contribution is -2.17. The third-order valence-corrected chi connectivity index (χ3v) is 4.57. The quantitative estimate of drug-likeness (QED) is 0.912. The summed E-state index contributed by atoms with van der Waals surface area (Å²) in [6, 6.07) is 0. The summed E-state index contributed by atoms with van der Waals surface area (Å²) in [6.45, 7) is 0.653. The molecule has 1 aromatic heterocycles. The van der Waals surface area contributed by atoms with Gasteiger partial charge in [-0.2, -0.15) is 34.3 Å². The van der Waals surface area contributed by atoms with Gasteiger partial charge in [0.05, 0.1) is 0 Å². The van der Waals surface area contributed by atoms with Crippen molar-refractivity contribution in [2.45, 2.75) is 23.8 Å². The predicted molar refractivity (Wildman–Crippen MR) is 58.9 cm³/mol. The Morgan fingerprint density at radius 1 is 1.50 bits per heavy atom. The van der Waals surface area contributed by atoms with Gasteiger partial charge in [0.25, 0.3) is 0 Å². The number of rotatable bonds is 4. The van der Waals surface area contributed by atoms with E-state index in [9.17, 15) is 13.2 Å². The fraction of sp³-hybridized carbons (Fsp3) is 0.750. The summed E-state index contributed by atoms with van der Waals surface area (Å²) in [5.74, 6) is -1.06. The second-order valence-corrected chi connectivity index (χ2v) is 5.69. The second-order valence-electron chi connectivity index (χ2n) is 3.66. The number of anilines is 1. The van der Waals surface area contributed by atoms with Crippen LogP contribution in [0.1, 0.15) is 18.7 Å². The molecule has 1 aliphatic carbocycles. The molecule has 1 saturated carbocycles. The third-order valence-electron chi connectivity index (χ3n) is 2.48. The predicted octanol–water partition coefficient (Wildman–Crippen LogP) is 2.86. The normalized spacial score (nSPS) is 18.5. The van der Waals surface area contributed by atoms with Crippen LogP contribution in [0.5, 0.6) is 0 Å². The Hall–Kier alpha value is -0.500. The van der Waals surface area contributed by atoms with E-state index >= 15 is 0 Å². The highest BCUT2D eigenvalue weighted by Gasteiger charge is 2.42. The van der Waals surface area contributed by atoms with E-state index in [4.69, 9.17) is 0 Å². The summed E-state index contributed by atoms with van der Waals surface area (Å²) in [5, 5.41) is 3.16. The molecule has 0 spiro atoms. The number of nitrogens with one attached hydrogen (secondary N) is 1. The zero-order chi connectivity index (χ0) is 11.8. The minimum absolute atomic E-state index is 0.198. The van der Waals surface area contributed by atoms with Gasteiger partial charge in [0.15, 0.2) is 0 Å². The van der Waals surface area contributed by atoms with Crippen LogP contribution in [0.3, 0.4) is 0 Å². The molecule has 8 heteroatoms. The molecule has 0 saturated heterocycles. The zero-order valence-electron chi connectivity index (χ0n) is 8.47. The van der Waals surface area contributed by atoms with Crippen molar-refractivity contribution >= 4 is 28.4 Å². The van der Waals surface area contributed by atoms with Crippen molar-refractivity contribution in [1.82, 2.24) is 9.36 Å². The van der Waals surface area contributed by atoms with Gasteiger partial charge in [0.1, 0.15) is 0 Å².